The van der Waals surface area contributed by atoms with Gasteiger partial charge in [-0.05, 0) is 37.1 Å². The molecule has 7 heteroatoms. The van der Waals surface area contributed by atoms with Gasteiger partial charge in [0.1, 0.15) is 16.9 Å². The number of nitrogens with zero attached hydrogens (tertiary/aromatic N) is 1. The Kier molecular flexibility index (Phi) is 7.44. The van der Waals surface area contributed by atoms with Crippen molar-refractivity contribution in [2.45, 2.75) is 33.0 Å². The fourth-order valence-corrected chi connectivity index (χ4v) is 3.11. The number of amides is 2. The average Bonchev–Trinajstić information content (AvgIpc) is 2.82. The van der Waals surface area contributed by atoms with Crippen LogP contribution in [0.4, 0.5) is 0 Å². The Morgan fingerprint density at radius 2 is 1.34 bits per heavy atom. The molecule has 0 atom stereocenters. The summed E-state index contributed by atoms with van der Waals surface area (Å²) in [5.74, 6) is -0.329. The first-order valence-electron chi connectivity index (χ1n) is 10.4. The molecule has 0 aliphatic rings. The van der Waals surface area contributed by atoms with Crippen molar-refractivity contribution >= 4 is 11.8 Å². The lowest BCUT2D eigenvalue weighted by Crippen LogP contribution is -2.35. The quantitative estimate of drug-likeness (QED) is 0.570. The molecular formula is C25H27N3O4. The Labute approximate surface area is 187 Å². The summed E-state index contributed by atoms with van der Waals surface area (Å²) in [5, 5.41) is 5.52. The van der Waals surface area contributed by atoms with E-state index in [1.54, 1.807) is 23.8 Å². The summed E-state index contributed by atoms with van der Waals surface area (Å²) in [6.45, 7) is 4.35. The smallest absolute Gasteiger partial charge is 0.257 e. The Balaban J connectivity index is 1.79. The SMILES string of the molecule is COc1ccc(CNC(=O)c2cn(C(C)C)cc(C(=O)NCc3ccccc3)c2=O)cc1. The molecule has 2 N–H and O–H groups in total. The maximum atomic E-state index is 13.0. The van der Waals surface area contributed by atoms with Crippen molar-refractivity contribution in [3.05, 3.63) is 99.5 Å². The lowest BCUT2D eigenvalue weighted by Gasteiger charge is -2.15. The zero-order valence-electron chi connectivity index (χ0n) is 18.4. The second-order valence-electron chi connectivity index (χ2n) is 7.65. The molecule has 0 aliphatic carbocycles. The van der Waals surface area contributed by atoms with Crippen LogP contribution in [0.2, 0.25) is 0 Å². The molecular weight excluding hydrogens is 406 g/mol. The second kappa shape index (κ2) is 10.4. The van der Waals surface area contributed by atoms with Crippen molar-refractivity contribution in [3.63, 3.8) is 0 Å². The number of carbonyl (C=O) groups excluding carboxylic acids is 2. The molecule has 0 fully saturated rings. The van der Waals surface area contributed by atoms with Gasteiger partial charge >= 0.3 is 0 Å². The van der Waals surface area contributed by atoms with Crippen molar-refractivity contribution in [3.8, 4) is 5.75 Å². The van der Waals surface area contributed by atoms with Crippen LogP contribution in [-0.2, 0) is 13.1 Å². The summed E-state index contributed by atoms with van der Waals surface area (Å²) < 4.78 is 6.83. The van der Waals surface area contributed by atoms with Gasteiger partial charge in [0.15, 0.2) is 0 Å². The number of rotatable bonds is 8. The van der Waals surface area contributed by atoms with Crippen LogP contribution in [0.15, 0.2) is 71.8 Å². The molecule has 0 aliphatic heterocycles. The number of aromatic nitrogens is 1. The van der Waals surface area contributed by atoms with Crippen LogP contribution in [0.1, 0.15) is 51.7 Å². The second-order valence-corrected chi connectivity index (χ2v) is 7.65. The highest BCUT2D eigenvalue weighted by molar-refractivity contribution is 5.99. The Bertz CT molecular complexity index is 1140. The fraction of sp³-hybridized carbons (Fsp3) is 0.240. The van der Waals surface area contributed by atoms with Gasteiger partial charge in [-0.1, -0.05) is 42.5 Å². The van der Waals surface area contributed by atoms with E-state index in [2.05, 4.69) is 10.6 Å². The normalized spacial score (nSPS) is 10.6. The number of pyridine rings is 1. The molecule has 0 saturated heterocycles. The molecule has 2 amide bonds. The first-order chi connectivity index (χ1) is 15.4. The van der Waals surface area contributed by atoms with Gasteiger partial charge in [-0.15, -0.1) is 0 Å². The van der Waals surface area contributed by atoms with E-state index in [0.29, 0.717) is 5.75 Å². The molecule has 0 unspecified atom stereocenters. The Morgan fingerprint density at radius 3 is 1.81 bits per heavy atom. The van der Waals surface area contributed by atoms with Crippen LogP contribution in [0, 0.1) is 0 Å². The van der Waals surface area contributed by atoms with E-state index < -0.39 is 17.2 Å². The zero-order chi connectivity index (χ0) is 23.1. The maximum absolute atomic E-state index is 13.0. The molecule has 0 bridgehead atoms. The lowest BCUT2D eigenvalue weighted by atomic mass is 10.1. The summed E-state index contributed by atoms with van der Waals surface area (Å²) >= 11 is 0. The van der Waals surface area contributed by atoms with E-state index in [1.165, 1.54) is 12.4 Å². The molecule has 0 radical (unpaired) electrons. The summed E-state index contributed by atoms with van der Waals surface area (Å²) in [4.78, 5) is 38.6. The van der Waals surface area contributed by atoms with Gasteiger partial charge in [-0.25, -0.2) is 0 Å². The van der Waals surface area contributed by atoms with Crippen molar-refractivity contribution in [2.24, 2.45) is 0 Å². The standard InChI is InChI=1S/C25H27N3O4/c1-17(2)28-15-21(24(30)26-13-18-7-5-4-6-8-18)23(29)22(16-28)25(31)27-14-19-9-11-20(32-3)12-10-19/h4-12,15-17H,13-14H2,1-3H3,(H,26,30)(H,27,31). The molecule has 1 heterocycles. The van der Waals surface area contributed by atoms with Crippen LogP contribution in [0.5, 0.6) is 5.75 Å². The van der Waals surface area contributed by atoms with Crippen LogP contribution >= 0.6 is 0 Å². The third kappa shape index (κ3) is 5.63. The van der Waals surface area contributed by atoms with Gasteiger partial charge in [-0.3, -0.25) is 14.4 Å². The molecule has 0 spiro atoms. The number of nitrogens with one attached hydrogen (secondary N) is 2. The third-order valence-corrected chi connectivity index (χ3v) is 5.04. The minimum atomic E-state index is -0.598. The predicted molar refractivity (Wildman–Crippen MR) is 123 cm³/mol. The molecule has 0 saturated carbocycles. The number of ether oxygens (including phenoxy) is 1. The number of benzene rings is 2. The topological polar surface area (TPSA) is 89.4 Å². The monoisotopic (exact) mass is 433 g/mol. The minimum Gasteiger partial charge on any atom is -0.497 e. The summed E-state index contributed by atoms with van der Waals surface area (Å²) in [6.07, 6.45) is 2.98. The van der Waals surface area contributed by atoms with Crippen molar-refractivity contribution < 1.29 is 14.3 Å². The van der Waals surface area contributed by atoms with E-state index in [0.717, 1.165) is 11.1 Å². The van der Waals surface area contributed by atoms with Crippen LogP contribution in [-0.4, -0.2) is 23.5 Å². The number of methoxy groups -OCH3 is 1. The number of hydrogen-bond donors (Lipinski definition) is 2. The molecule has 3 rings (SSSR count). The molecule has 7 nitrogen and oxygen atoms in total. The van der Waals surface area contributed by atoms with E-state index in [9.17, 15) is 14.4 Å². The van der Waals surface area contributed by atoms with Crippen molar-refractivity contribution in [2.75, 3.05) is 7.11 Å². The molecule has 32 heavy (non-hydrogen) atoms. The Hall–Kier alpha value is -3.87. The van der Waals surface area contributed by atoms with Gasteiger partial charge < -0.3 is 19.9 Å². The fourth-order valence-electron chi connectivity index (χ4n) is 3.11. The third-order valence-electron chi connectivity index (χ3n) is 5.04. The lowest BCUT2D eigenvalue weighted by molar-refractivity contribution is 0.0947. The highest BCUT2D eigenvalue weighted by Gasteiger charge is 2.20. The highest BCUT2D eigenvalue weighted by atomic mass is 16.5. The van der Waals surface area contributed by atoms with Crippen LogP contribution < -0.4 is 20.8 Å². The average molecular weight is 434 g/mol. The zero-order valence-corrected chi connectivity index (χ0v) is 18.4. The molecule has 3 aromatic rings. The first-order valence-corrected chi connectivity index (χ1v) is 10.4. The van der Waals surface area contributed by atoms with Crippen LogP contribution in [0.25, 0.3) is 0 Å². The molecule has 1 aromatic heterocycles. The maximum Gasteiger partial charge on any atom is 0.257 e. The van der Waals surface area contributed by atoms with E-state index in [4.69, 9.17) is 4.74 Å². The summed E-state index contributed by atoms with van der Waals surface area (Å²) in [6, 6.07) is 16.6. The van der Waals surface area contributed by atoms with E-state index >= 15 is 0 Å². The highest BCUT2D eigenvalue weighted by Crippen LogP contribution is 2.12. The number of carbonyl (C=O) groups is 2. The Morgan fingerprint density at radius 1 is 0.844 bits per heavy atom. The largest absolute Gasteiger partial charge is 0.497 e. The van der Waals surface area contributed by atoms with Gasteiger partial charge in [0.25, 0.3) is 11.8 Å². The predicted octanol–water partition coefficient (Wildman–Crippen LogP) is 3.30. The van der Waals surface area contributed by atoms with Gasteiger partial charge in [0, 0.05) is 31.5 Å². The van der Waals surface area contributed by atoms with E-state index in [1.807, 2.05) is 56.3 Å². The summed E-state index contributed by atoms with van der Waals surface area (Å²) in [5.41, 5.74) is 1.05. The van der Waals surface area contributed by atoms with Crippen LogP contribution in [0.3, 0.4) is 0 Å². The van der Waals surface area contributed by atoms with Crippen molar-refractivity contribution in [1.82, 2.24) is 15.2 Å². The van der Waals surface area contributed by atoms with Crippen molar-refractivity contribution in [1.29, 1.82) is 0 Å². The number of hydrogen-bond acceptors (Lipinski definition) is 4. The molecule has 2 aromatic carbocycles. The van der Waals surface area contributed by atoms with Gasteiger partial charge in [-0.2, -0.15) is 0 Å². The summed E-state index contributed by atoms with van der Waals surface area (Å²) in [7, 11) is 1.58. The molecule has 166 valence electrons. The minimum absolute atomic E-state index is 0.0376. The van der Waals surface area contributed by atoms with E-state index in [-0.39, 0.29) is 30.3 Å². The van der Waals surface area contributed by atoms with Gasteiger partial charge in [0.05, 0.1) is 7.11 Å². The van der Waals surface area contributed by atoms with Gasteiger partial charge in [0.2, 0.25) is 5.43 Å². The first kappa shape index (κ1) is 22.8.